The molecule has 21 heteroatoms. The molecule has 0 fully saturated rings. The lowest BCUT2D eigenvalue weighted by atomic mass is 9.81. The molecule has 4 aromatic rings. The smallest absolute Gasteiger partial charge is 0.343 e. The van der Waals surface area contributed by atoms with Crippen molar-refractivity contribution in [1.29, 1.82) is 0 Å². The third-order valence-electron chi connectivity index (χ3n) is 14.0. The predicted octanol–water partition coefficient (Wildman–Crippen LogP) is 3.44. The number of halogens is 1. The van der Waals surface area contributed by atoms with Gasteiger partial charge in [-0.2, -0.15) is 12.6 Å². The zero-order chi connectivity index (χ0) is 53.4. The van der Waals surface area contributed by atoms with E-state index in [1.807, 2.05) is 0 Å². The molecule has 4 heterocycles. The average molecular weight is 1040 g/mol. The molecule has 74 heavy (non-hydrogen) atoms. The Hall–Kier alpha value is -7.13. The first-order valence-corrected chi connectivity index (χ1v) is 25.3. The summed E-state index contributed by atoms with van der Waals surface area (Å²) in [5.41, 5.74) is 2.17. The van der Waals surface area contributed by atoms with Gasteiger partial charge in [-0.1, -0.05) is 37.3 Å². The van der Waals surface area contributed by atoms with Gasteiger partial charge in [0.05, 0.1) is 60.0 Å². The highest BCUT2D eigenvalue weighted by molar-refractivity contribution is 7.80. The van der Waals surface area contributed by atoms with E-state index in [1.54, 1.807) is 50.2 Å². The van der Waals surface area contributed by atoms with Gasteiger partial charge in [0.2, 0.25) is 23.6 Å². The molecule has 2 aromatic heterocycles. The number of thiol groups is 1. The fraction of sp³-hybridized carbons (Fsp3) is 0.453. The van der Waals surface area contributed by atoms with Gasteiger partial charge in [-0.3, -0.25) is 43.2 Å². The first-order chi connectivity index (χ1) is 35.3. The molecule has 0 bridgehead atoms. The van der Waals surface area contributed by atoms with Crippen LogP contribution in [0.4, 0.5) is 4.39 Å². The molecule has 7 rings (SSSR count). The summed E-state index contributed by atoms with van der Waals surface area (Å²) < 4.78 is 22.1. The Balaban J connectivity index is 0.921. The first-order valence-electron chi connectivity index (χ1n) is 24.7. The molecule has 0 radical (unpaired) electrons. The zero-order valence-electron chi connectivity index (χ0n) is 41.1. The third-order valence-corrected chi connectivity index (χ3v) is 14.2. The molecule has 0 saturated carbocycles. The van der Waals surface area contributed by atoms with Crippen molar-refractivity contribution < 1.29 is 62.5 Å². The number of nitrogens with one attached hydrogen (secondary N) is 4. The van der Waals surface area contributed by atoms with Crippen molar-refractivity contribution in [1.82, 2.24) is 30.8 Å². The van der Waals surface area contributed by atoms with Gasteiger partial charge in [0, 0.05) is 74.1 Å². The second-order valence-electron chi connectivity index (χ2n) is 19.0. The molecule has 4 atom stereocenters. The fourth-order valence-corrected chi connectivity index (χ4v) is 10.2. The van der Waals surface area contributed by atoms with Crippen LogP contribution in [0.3, 0.4) is 0 Å². The van der Waals surface area contributed by atoms with Gasteiger partial charge in [-0.25, -0.2) is 14.2 Å². The molecule has 0 saturated heterocycles. The Bertz CT molecular complexity index is 3000. The number of fused-ring (bicyclic) bond motifs is 5. The number of hydrogen-bond acceptors (Lipinski definition) is 14. The minimum absolute atomic E-state index is 0.0144. The number of aliphatic carboxylic acids is 1. The average Bonchev–Trinajstić information content (AvgIpc) is 3.74. The number of benzene rings is 2. The monoisotopic (exact) mass is 1040 g/mol. The SMILES string of the molecule is CC[C@@]1(O)C(=O)OCc2c1cc1n(c2=O)Cc2c-1nc1cc(F)c(C)c3c1c2[C@@H](NC(=O)CCCNC(=O)CCC(=O)[C@H](Cc1ccccc1)NC(=O)CCC(=O)CNC(=O)[C@H](CC(=O)O)CC(=O)CCS)CC3. The number of ether oxygens (including phenoxy) is 1. The molecular formula is C53H59FN6O13S. The number of cyclic esters (lactones) is 1. The second kappa shape index (κ2) is 23.8. The Labute approximate surface area is 430 Å². The standard InChI is InChI=1S/C53H59FN6O13S/c1-3-53(72)36-23-41-49-34(26-60(41)51(70)35(36)27-73-52(53)71)48-38(13-12-33-28(2)37(54)24-40(59-49)47(33)48)57-44(65)10-7-18-55-43(64)16-14-42(63)39(20-29-8-5-4-6-9-29)58-45(66)15-11-32(62)25-56-50(69)30(22-46(67)68)21-31(61)17-19-74/h4-6,8-9,23-24,30,38-39,72,74H,3,7,10-22,25-27H2,1-2H3,(H,55,64)(H,56,69)(H,57,65)(H,58,66)(H,67,68)/t30-,38-,39-,53-/m0/s1. The number of carboxylic acid groups (broad SMARTS) is 1. The third kappa shape index (κ3) is 12.3. The van der Waals surface area contributed by atoms with Crippen molar-refractivity contribution in [3.05, 3.63) is 97.6 Å². The van der Waals surface area contributed by atoms with Crippen molar-refractivity contribution >= 4 is 76.4 Å². The quantitative estimate of drug-likeness (QED) is 0.0251. The predicted molar refractivity (Wildman–Crippen MR) is 268 cm³/mol. The topological polar surface area (TPSA) is 286 Å². The van der Waals surface area contributed by atoms with Crippen LogP contribution in [0.5, 0.6) is 0 Å². The minimum Gasteiger partial charge on any atom is -0.481 e. The number of hydrogen-bond donors (Lipinski definition) is 7. The Morgan fingerprint density at radius 2 is 1.65 bits per heavy atom. The van der Waals surface area contributed by atoms with Crippen LogP contribution in [0.1, 0.15) is 123 Å². The number of pyridine rings is 2. The van der Waals surface area contributed by atoms with E-state index < -0.39 is 89.2 Å². The van der Waals surface area contributed by atoms with E-state index in [4.69, 9.17) is 9.72 Å². The van der Waals surface area contributed by atoms with Gasteiger partial charge in [-0.05, 0) is 73.1 Å². The van der Waals surface area contributed by atoms with E-state index in [0.29, 0.717) is 51.8 Å². The molecule has 2 aliphatic heterocycles. The number of amides is 4. The van der Waals surface area contributed by atoms with Crippen LogP contribution in [0, 0.1) is 18.7 Å². The van der Waals surface area contributed by atoms with E-state index in [2.05, 4.69) is 33.9 Å². The van der Waals surface area contributed by atoms with Gasteiger partial charge in [0.25, 0.3) is 5.56 Å². The summed E-state index contributed by atoms with van der Waals surface area (Å²) in [4.78, 5) is 133. The van der Waals surface area contributed by atoms with Crippen LogP contribution < -0.4 is 26.8 Å². The number of Topliss-reactive ketones (excluding diaryl/α,β-unsaturated/α-hetero) is 3. The van der Waals surface area contributed by atoms with E-state index in [-0.39, 0.29) is 112 Å². The van der Waals surface area contributed by atoms with Crippen LogP contribution in [0.15, 0.2) is 47.3 Å². The van der Waals surface area contributed by atoms with E-state index in [9.17, 15) is 58.2 Å². The minimum atomic E-state index is -2.04. The Morgan fingerprint density at radius 3 is 2.36 bits per heavy atom. The maximum Gasteiger partial charge on any atom is 0.343 e. The van der Waals surface area contributed by atoms with Crippen LogP contribution in [0.2, 0.25) is 0 Å². The highest BCUT2D eigenvalue weighted by atomic mass is 32.1. The number of carbonyl (C=O) groups excluding carboxylic acids is 8. The Morgan fingerprint density at radius 1 is 0.905 bits per heavy atom. The van der Waals surface area contributed by atoms with Crippen LogP contribution in [-0.4, -0.2) is 97.6 Å². The molecule has 4 amide bonds. The molecule has 6 N–H and O–H groups in total. The fourth-order valence-electron chi connectivity index (χ4n) is 9.94. The second-order valence-corrected chi connectivity index (χ2v) is 19.4. The normalized spacial score (nSPS) is 16.9. The summed E-state index contributed by atoms with van der Waals surface area (Å²) in [6.07, 6.45) is -0.777. The summed E-state index contributed by atoms with van der Waals surface area (Å²) in [5, 5.41) is 32.1. The van der Waals surface area contributed by atoms with Gasteiger partial charge in [-0.15, -0.1) is 0 Å². The summed E-state index contributed by atoms with van der Waals surface area (Å²) in [7, 11) is 0. The molecule has 2 aromatic carbocycles. The molecule has 19 nitrogen and oxygen atoms in total. The van der Waals surface area contributed by atoms with Crippen molar-refractivity contribution in [3.8, 4) is 11.4 Å². The summed E-state index contributed by atoms with van der Waals surface area (Å²) in [6, 6.07) is 10.2. The lowest BCUT2D eigenvalue weighted by molar-refractivity contribution is -0.172. The molecular weight excluding hydrogens is 980 g/mol. The van der Waals surface area contributed by atoms with Gasteiger partial charge in [0.15, 0.2) is 17.2 Å². The molecule has 3 aliphatic rings. The first kappa shape index (κ1) is 54.6. The van der Waals surface area contributed by atoms with Crippen molar-refractivity contribution in [2.75, 3.05) is 18.8 Å². The van der Waals surface area contributed by atoms with E-state index in [0.717, 1.165) is 11.1 Å². The number of rotatable bonds is 25. The van der Waals surface area contributed by atoms with Crippen LogP contribution in [0.25, 0.3) is 22.3 Å². The lowest BCUT2D eigenvalue weighted by Gasteiger charge is -2.31. The number of carbonyl (C=O) groups is 9. The zero-order valence-corrected chi connectivity index (χ0v) is 42.0. The maximum absolute atomic E-state index is 15.4. The number of aromatic nitrogens is 2. The molecule has 392 valence electrons. The number of esters is 1. The van der Waals surface area contributed by atoms with Crippen LogP contribution in [-0.2, 0) is 79.5 Å². The van der Waals surface area contributed by atoms with Crippen molar-refractivity contribution in [2.45, 2.75) is 128 Å². The highest BCUT2D eigenvalue weighted by Gasteiger charge is 2.46. The van der Waals surface area contributed by atoms with E-state index in [1.165, 1.54) is 10.6 Å². The summed E-state index contributed by atoms with van der Waals surface area (Å²) in [5.74, 6) is -7.05. The van der Waals surface area contributed by atoms with Crippen molar-refractivity contribution in [2.24, 2.45) is 5.92 Å². The highest BCUT2D eigenvalue weighted by Crippen LogP contribution is 2.46. The van der Waals surface area contributed by atoms with Gasteiger partial charge >= 0.3 is 11.9 Å². The maximum atomic E-state index is 15.4. The molecule has 1 aliphatic carbocycles. The molecule has 0 spiro atoms. The Kier molecular flexibility index (Phi) is 17.6. The number of ketones is 3. The number of aliphatic hydroxyl groups is 1. The summed E-state index contributed by atoms with van der Waals surface area (Å²) >= 11 is 3.98. The van der Waals surface area contributed by atoms with Crippen LogP contribution >= 0.6 is 12.6 Å². The number of nitrogens with zero attached hydrogens (tertiary/aromatic N) is 2. The largest absolute Gasteiger partial charge is 0.481 e. The number of carboxylic acids is 1. The van der Waals surface area contributed by atoms with Crippen molar-refractivity contribution in [3.63, 3.8) is 0 Å². The summed E-state index contributed by atoms with van der Waals surface area (Å²) in [6.45, 7) is 2.68. The lowest BCUT2D eigenvalue weighted by Crippen LogP contribution is -2.44. The van der Waals surface area contributed by atoms with E-state index >= 15 is 4.39 Å². The van der Waals surface area contributed by atoms with Gasteiger partial charge < -0.3 is 40.8 Å². The number of aryl methyl sites for hydroxylation is 1. The van der Waals surface area contributed by atoms with Gasteiger partial charge in [0.1, 0.15) is 18.2 Å². The molecule has 0 unspecified atom stereocenters.